The normalized spacial score (nSPS) is 11.6. The molecule has 0 unspecified atom stereocenters. The van der Waals surface area contributed by atoms with Crippen molar-refractivity contribution in [1.29, 1.82) is 0 Å². The molecule has 9 nitrogen and oxygen atoms in total. The molecule has 0 saturated heterocycles. The molecule has 0 amide bonds. The van der Waals surface area contributed by atoms with Crippen LogP contribution in [0.3, 0.4) is 0 Å². The summed E-state index contributed by atoms with van der Waals surface area (Å²) in [5, 5.41) is 11.0. The van der Waals surface area contributed by atoms with Crippen LogP contribution in [0.1, 0.15) is 5.69 Å². The molecule has 1 aromatic carbocycles. The third-order valence-corrected chi connectivity index (χ3v) is 5.20. The first-order chi connectivity index (χ1) is 12.4. The topological polar surface area (TPSA) is 116 Å². The molecule has 0 aliphatic heterocycles. The number of nitrogens with one attached hydrogen (secondary N) is 1. The van der Waals surface area contributed by atoms with Gasteiger partial charge in [0.1, 0.15) is 5.65 Å². The number of ether oxygens (including phenoxy) is 1. The smallest absolute Gasteiger partial charge is 0.312 e. The quantitative estimate of drug-likeness (QED) is 0.496. The minimum absolute atomic E-state index is 0.00125. The van der Waals surface area contributed by atoms with Crippen molar-refractivity contribution >= 4 is 21.4 Å². The molecule has 0 aliphatic carbocycles. The minimum Gasteiger partial charge on any atom is -0.490 e. The Labute approximate surface area is 149 Å². The van der Waals surface area contributed by atoms with Crippen LogP contribution in [0.5, 0.6) is 5.75 Å². The van der Waals surface area contributed by atoms with Crippen LogP contribution in [0.2, 0.25) is 0 Å². The second-order valence-corrected chi connectivity index (χ2v) is 7.20. The maximum absolute atomic E-state index is 12.4. The lowest BCUT2D eigenvalue weighted by atomic mass is 10.3. The van der Waals surface area contributed by atoms with Gasteiger partial charge in [0.05, 0.1) is 22.6 Å². The molecule has 136 valence electrons. The van der Waals surface area contributed by atoms with Gasteiger partial charge in [-0.1, -0.05) is 6.07 Å². The van der Waals surface area contributed by atoms with E-state index in [9.17, 15) is 18.5 Å². The number of fused-ring (bicyclic) bond motifs is 1. The first kappa shape index (κ1) is 17.8. The highest BCUT2D eigenvalue weighted by Gasteiger charge is 2.21. The van der Waals surface area contributed by atoms with Gasteiger partial charge in [-0.15, -0.1) is 0 Å². The highest BCUT2D eigenvalue weighted by molar-refractivity contribution is 7.89. The number of sulfonamides is 1. The Morgan fingerprint density at radius 1 is 1.31 bits per heavy atom. The van der Waals surface area contributed by atoms with E-state index < -0.39 is 20.6 Å². The van der Waals surface area contributed by atoms with Crippen LogP contribution in [-0.4, -0.2) is 36.4 Å². The van der Waals surface area contributed by atoms with Crippen molar-refractivity contribution in [3.05, 3.63) is 64.6 Å². The Hall–Kier alpha value is -2.98. The number of hydrogen-bond acceptors (Lipinski definition) is 6. The second kappa shape index (κ2) is 7.10. The summed E-state index contributed by atoms with van der Waals surface area (Å²) in [5.41, 5.74) is 1.10. The molecule has 26 heavy (non-hydrogen) atoms. The fraction of sp³-hybridized carbons (Fsp3) is 0.188. The first-order valence-corrected chi connectivity index (χ1v) is 9.14. The zero-order valence-electron chi connectivity index (χ0n) is 13.8. The number of benzene rings is 1. The van der Waals surface area contributed by atoms with Crippen molar-refractivity contribution in [3.63, 3.8) is 0 Å². The SMILES string of the molecule is COc1ccc(S(=O)(=O)NCCc2cn3ccccc3n2)cc1[N+](=O)[O-]. The molecular weight excluding hydrogens is 360 g/mol. The van der Waals surface area contributed by atoms with Crippen molar-refractivity contribution in [2.24, 2.45) is 0 Å². The highest BCUT2D eigenvalue weighted by atomic mass is 32.2. The number of aromatic nitrogens is 2. The molecule has 0 saturated carbocycles. The Morgan fingerprint density at radius 2 is 2.12 bits per heavy atom. The zero-order chi connectivity index (χ0) is 18.7. The Kier molecular flexibility index (Phi) is 4.87. The summed E-state index contributed by atoms with van der Waals surface area (Å²) >= 11 is 0. The van der Waals surface area contributed by atoms with Crippen LogP contribution in [0, 0.1) is 10.1 Å². The Morgan fingerprint density at radius 3 is 2.81 bits per heavy atom. The number of imidazole rings is 1. The predicted molar refractivity (Wildman–Crippen MR) is 93.7 cm³/mol. The van der Waals surface area contributed by atoms with E-state index >= 15 is 0 Å². The van der Waals surface area contributed by atoms with Gasteiger partial charge < -0.3 is 9.14 Å². The summed E-state index contributed by atoms with van der Waals surface area (Å²) in [6.07, 6.45) is 4.06. The molecule has 1 N–H and O–H groups in total. The third kappa shape index (κ3) is 3.65. The van der Waals surface area contributed by atoms with Crippen LogP contribution in [0.4, 0.5) is 5.69 Å². The zero-order valence-corrected chi connectivity index (χ0v) is 14.6. The van der Waals surface area contributed by atoms with Gasteiger partial charge >= 0.3 is 5.69 Å². The maximum atomic E-state index is 12.4. The van der Waals surface area contributed by atoms with Gasteiger partial charge in [-0.2, -0.15) is 0 Å². The predicted octanol–water partition coefficient (Wildman–Crippen LogP) is 1.77. The fourth-order valence-electron chi connectivity index (χ4n) is 2.48. The van der Waals surface area contributed by atoms with Crippen molar-refractivity contribution in [2.75, 3.05) is 13.7 Å². The van der Waals surface area contributed by atoms with E-state index in [-0.39, 0.29) is 17.2 Å². The summed E-state index contributed by atoms with van der Waals surface area (Å²) in [5.74, 6) is -0.00125. The van der Waals surface area contributed by atoms with E-state index in [1.54, 1.807) is 0 Å². The molecule has 0 radical (unpaired) electrons. The van der Waals surface area contributed by atoms with Crippen molar-refractivity contribution in [1.82, 2.24) is 14.1 Å². The lowest BCUT2D eigenvalue weighted by molar-refractivity contribution is -0.386. The molecule has 0 spiro atoms. The highest BCUT2D eigenvalue weighted by Crippen LogP contribution is 2.29. The van der Waals surface area contributed by atoms with Crippen LogP contribution in [0.15, 0.2) is 53.7 Å². The van der Waals surface area contributed by atoms with Crippen LogP contribution in [-0.2, 0) is 16.4 Å². The molecule has 0 bridgehead atoms. The molecule has 2 heterocycles. The number of nitrogens with zero attached hydrogens (tertiary/aromatic N) is 3. The first-order valence-electron chi connectivity index (χ1n) is 7.65. The standard InChI is InChI=1S/C16H16N4O5S/c1-25-15-6-5-13(10-14(15)20(21)22)26(23,24)17-8-7-12-11-19-9-3-2-4-16(19)18-12/h2-6,9-11,17H,7-8H2,1H3. The summed E-state index contributed by atoms with van der Waals surface area (Å²) in [4.78, 5) is 14.6. The van der Waals surface area contributed by atoms with Gasteiger partial charge in [-0.3, -0.25) is 10.1 Å². The molecule has 3 aromatic rings. The van der Waals surface area contributed by atoms with E-state index in [0.717, 1.165) is 17.4 Å². The fourth-order valence-corrected chi connectivity index (χ4v) is 3.54. The average Bonchev–Trinajstić information content (AvgIpc) is 3.03. The third-order valence-electron chi connectivity index (χ3n) is 3.74. The van der Waals surface area contributed by atoms with Gasteiger partial charge in [0, 0.05) is 31.4 Å². The van der Waals surface area contributed by atoms with Crippen LogP contribution < -0.4 is 9.46 Å². The minimum atomic E-state index is -3.89. The number of nitro benzene ring substituents is 1. The van der Waals surface area contributed by atoms with Crippen LogP contribution in [0.25, 0.3) is 5.65 Å². The molecule has 10 heteroatoms. The number of nitro groups is 1. The summed E-state index contributed by atoms with van der Waals surface area (Å²) in [6.45, 7) is 0.117. The Balaban J connectivity index is 1.72. The van der Waals surface area contributed by atoms with Gasteiger partial charge in [-0.05, 0) is 24.3 Å². The van der Waals surface area contributed by atoms with Crippen LogP contribution >= 0.6 is 0 Å². The van der Waals surface area contributed by atoms with E-state index in [1.165, 1.54) is 19.2 Å². The van der Waals surface area contributed by atoms with Crippen molar-refractivity contribution in [3.8, 4) is 5.75 Å². The lowest BCUT2D eigenvalue weighted by Crippen LogP contribution is -2.26. The number of hydrogen-bond donors (Lipinski definition) is 1. The number of pyridine rings is 1. The molecule has 0 atom stereocenters. The monoisotopic (exact) mass is 376 g/mol. The van der Waals surface area contributed by atoms with Gasteiger partial charge in [0.25, 0.3) is 0 Å². The summed E-state index contributed by atoms with van der Waals surface area (Å²) in [6, 6.07) is 9.09. The Bertz CT molecular complexity index is 1030. The van der Waals surface area contributed by atoms with E-state index in [4.69, 9.17) is 4.74 Å². The van der Waals surface area contributed by atoms with Gasteiger partial charge in [-0.25, -0.2) is 18.1 Å². The molecule has 3 rings (SSSR count). The molecule has 2 aromatic heterocycles. The second-order valence-electron chi connectivity index (χ2n) is 5.44. The largest absolute Gasteiger partial charge is 0.490 e. The van der Waals surface area contributed by atoms with E-state index in [0.29, 0.717) is 6.42 Å². The number of rotatable bonds is 7. The van der Waals surface area contributed by atoms with Crippen molar-refractivity contribution in [2.45, 2.75) is 11.3 Å². The summed E-state index contributed by atoms with van der Waals surface area (Å²) < 4.78 is 33.9. The van der Waals surface area contributed by atoms with E-state index in [1.807, 2.05) is 35.0 Å². The van der Waals surface area contributed by atoms with Gasteiger partial charge in [0.15, 0.2) is 5.75 Å². The molecule has 0 fully saturated rings. The molecule has 0 aliphatic rings. The van der Waals surface area contributed by atoms with E-state index in [2.05, 4.69) is 9.71 Å². The van der Waals surface area contributed by atoms with Gasteiger partial charge in [0.2, 0.25) is 10.0 Å². The lowest BCUT2D eigenvalue weighted by Gasteiger charge is -2.07. The molecular formula is C16H16N4O5S. The summed E-state index contributed by atoms with van der Waals surface area (Å²) in [7, 11) is -2.60. The average molecular weight is 376 g/mol. The number of methoxy groups -OCH3 is 1. The van der Waals surface area contributed by atoms with Crippen molar-refractivity contribution < 1.29 is 18.1 Å². The maximum Gasteiger partial charge on any atom is 0.312 e.